The van der Waals surface area contributed by atoms with Gasteiger partial charge in [-0.3, -0.25) is 4.79 Å². The summed E-state index contributed by atoms with van der Waals surface area (Å²) in [5.41, 5.74) is 1.05. The highest BCUT2D eigenvalue weighted by atomic mass is 32.1. The summed E-state index contributed by atoms with van der Waals surface area (Å²) in [5, 5.41) is 0. The third kappa shape index (κ3) is 3.06. The van der Waals surface area contributed by atoms with E-state index in [4.69, 9.17) is 9.47 Å². The molecule has 0 spiro atoms. The van der Waals surface area contributed by atoms with Gasteiger partial charge in [-0.25, -0.2) is 0 Å². The SMILES string of the molecule is COc1ccc(C2CCCN2C(=O)c2ccc(C)s2)c(OC)c1. The van der Waals surface area contributed by atoms with Crippen LogP contribution in [-0.4, -0.2) is 31.6 Å². The number of benzene rings is 1. The van der Waals surface area contributed by atoms with E-state index in [2.05, 4.69) is 0 Å². The molecule has 4 nitrogen and oxygen atoms in total. The molecule has 0 radical (unpaired) electrons. The van der Waals surface area contributed by atoms with Crippen LogP contribution < -0.4 is 9.47 Å². The van der Waals surface area contributed by atoms with Gasteiger partial charge in [0, 0.05) is 23.1 Å². The Morgan fingerprint density at radius 2 is 2.04 bits per heavy atom. The second-order valence-corrected chi connectivity index (χ2v) is 6.96. The third-order valence-electron chi connectivity index (χ3n) is 4.26. The molecule has 0 saturated carbocycles. The Balaban J connectivity index is 1.91. The Labute approximate surface area is 140 Å². The number of rotatable bonds is 4. The first-order valence-electron chi connectivity index (χ1n) is 7.73. The average molecular weight is 331 g/mol. The lowest BCUT2D eigenvalue weighted by Gasteiger charge is -2.26. The average Bonchev–Trinajstić information content (AvgIpc) is 3.22. The Hall–Kier alpha value is -2.01. The molecule has 0 bridgehead atoms. The molecule has 0 N–H and O–H groups in total. The molecule has 1 fully saturated rings. The molecule has 1 aliphatic heterocycles. The zero-order valence-corrected chi connectivity index (χ0v) is 14.5. The molecule has 23 heavy (non-hydrogen) atoms. The van der Waals surface area contributed by atoms with Crippen LogP contribution in [0.4, 0.5) is 0 Å². The molecule has 2 aromatic rings. The zero-order valence-electron chi connectivity index (χ0n) is 13.7. The van der Waals surface area contributed by atoms with Crippen LogP contribution in [0.2, 0.25) is 0 Å². The lowest BCUT2D eigenvalue weighted by Crippen LogP contribution is -2.30. The normalized spacial score (nSPS) is 17.3. The number of likely N-dealkylation sites (tertiary alicyclic amines) is 1. The largest absolute Gasteiger partial charge is 0.497 e. The highest BCUT2D eigenvalue weighted by Gasteiger charge is 2.33. The molecular weight excluding hydrogens is 310 g/mol. The van der Waals surface area contributed by atoms with E-state index in [1.165, 1.54) is 0 Å². The zero-order chi connectivity index (χ0) is 16.4. The topological polar surface area (TPSA) is 38.8 Å². The van der Waals surface area contributed by atoms with Crippen molar-refractivity contribution < 1.29 is 14.3 Å². The summed E-state index contributed by atoms with van der Waals surface area (Å²) in [5.74, 6) is 1.65. The minimum atomic E-state index is 0.0609. The number of amides is 1. The number of hydrogen-bond donors (Lipinski definition) is 0. The van der Waals surface area contributed by atoms with Gasteiger partial charge in [0.1, 0.15) is 11.5 Å². The van der Waals surface area contributed by atoms with Gasteiger partial charge in [-0.1, -0.05) is 0 Å². The molecule has 1 amide bonds. The summed E-state index contributed by atoms with van der Waals surface area (Å²) in [6, 6.07) is 9.79. The molecule has 122 valence electrons. The van der Waals surface area contributed by atoms with Crippen molar-refractivity contribution in [3.05, 3.63) is 45.6 Å². The fourth-order valence-electron chi connectivity index (χ4n) is 3.12. The summed E-state index contributed by atoms with van der Waals surface area (Å²) in [6.07, 6.45) is 1.97. The summed E-state index contributed by atoms with van der Waals surface area (Å²) < 4.78 is 10.8. The fraction of sp³-hybridized carbons (Fsp3) is 0.389. The second-order valence-electron chi connectivity index (χ2n) is 5.67. The van der Waals surface area contributed by atoms with Crippen molar-refractivity contribution >= 4 is 17.2 Å². The predicted octanol–water partition coefficient (Wildman–Crippen LogP) is 4.05. The van der Waals surface area contributed by atoms with Gasteiger partial charge in [0.15, 0.2) is 0 Å². The molecule has 1 saturated heterocycles. The van der Waals surface area contributed by atoms with Gasteiger partial charge >= 0.3 is 0 Å². The smallest absolute Gasteiger partial charge is 0.264 e. The van der Waals surface area contributed by atoms with Crippen molar-refractivity contribution in [1.29, 1.82) is 0 Å². The van der Waals surface area contributed by atoms with Gasteiger partial charge in [0.2, 0.25) is 0 Å². The van der Waals surface area contributed by atoms with Crippen LogP contribution in [0.1, 0.15) is 39.0 Å². The molecule has 1 aliphatic rings. The number of hydrogen-bond acceptors (Lipinski definition) is 4. The van der Waals surface area contributed by atoms with Crippen LogP contribution >= 0.6 is 11.3 Å². The lowest BCUT2D eigenvalue weighted by molar-refractivity contribution is 0.0739. The van der Waals surface area contributed by atoms with E-state index in [0.717, 1.165) is 46.2 Å². The number of nitrogens with zero attached hydrogens (tertiary/aromatic N) is 1. The quantitative estimate of drug-likeness (QED) is 0.848. The first kappa shape index (κ1) is 15.9. The molecule has 0 aliphatic carbocycles. The number of ether oxygens (including phenoxy) is 2. The highest BCUT2D eigenvalue weighted by molar-refractivity contribution is 7.13. The van der Waals surface area contributed by atoms with Gasteiger partial charge < -0.3 is 14.4 Å². The van der Waals surface area contributed by atoms with Crippen LogP contribution in [0, 0.1) is 6.92 Å². The number of aryl methyl sites for hydroxylation is 1. The van der Waals surface area contributed by atoms with E-state index >= 15 is 0 Å². The monoisotopic (exact) mass is 331 g/mol. The van der Waals surface area contributed by atoms with Crippen LogP contribution in [0.25, 0.3) is 0 Å². The molecule has 1 aromatic carbocycles. The van der Waals surface area contributed by atoms with E-state index in [-0.39, 0.29) is 11.9 Å². The molecule has 1 atom stereocenters. The molecule has 1 aromatic heterocycles. The fourth-order valence-corrected chi connectivity index (χ4v) is 3.94. The molecular formula is C18H21NO3S. The van der Waals surface area contributed by atoms with E-state index < -0.39 is 0 Å². The van der Waals surface area contributed by atoms with Crippen molar-refractivity contribution in [2.45, 2.75) is 25.8 Å². The van der Waals surface area contributed by atoms with Crippen LogP contribution in [-0.2, 0) is 0 Å². The number of carbonyl (C=O) groups excluding carboxylic acids is 1. The van der Waals surface area contributed by atoms with Crippen molar-refractivity contribution in [3.8, 4) is 11.5 Å². The van der Waals surface area contributed by atoms with E-state index in [9.17, 15) is 4.79 Å². The van der Waals surface area contributed by atoms with Gasteiger partial charge in [0.25, 0.3) is 5.91 Å². The van der Waals surface area contributed by atoms with Crippen molar-refractivity contribution in [1.82, 2.24) is 4.90 Å². The van der Waals surface area contributed by atoms with E-state index in [0.29, 0.717) is 0 Å². The van der Waals surface area contributed by atoms with Crippen molar-refractivity contribution in [2.24, 2.45) is 0 Å². The summed E-state index contributed by atoms with van der Waals surface area (Å²) in [4.78, 5) is 16.8. The van der Waals surface area contributed by atoms with E-state index in [1.54, 1.807) is 25.6 Å². The van der Waals surface area contributed by atoms with Crippen LogP contribution in [0.5, 0.6) is 11.5 Å². The Kier molecular flexibility index (Phi) is 4.57. The first-order chi connectivity index (χ1) is 11.1. The Morgan fingerprint density at radius 1 is 1.22 bits per heavy atom. The second kappa shape index (κ2) is 6.62. The van der Waals surface area contributed by atoms with Gasteiger partial charge in [-0.05, 0) is 44.0 Å². The number of thiophene rings is 1. The number of carbonyl (C=O) groups is 1. The van der Waals surface area contributed by atoms with Crippen molar-refractivity contribution in [3.63, 3.8) is 0 Å². The van der Waals surface area contributed by atoms with Gasteiger partial charge in [-0.2, -0.15) is 0 Å². The molecule has 1 unspecified atom stereocenters. The maximum absolute atomic E-state index is 12.8. The Morgan fingerprint density at radius 3 is 2.70 bits per heavy atom. The van der Waals surface area contributed by atoms with E-state index in [1.807, 2.05) is 42.2 Å². The third-order valence-corrected chi connectivity index (χ3v) is 5.25. The maximum atomic E-state index is 12.8. The summed E-state index contributed by atoms with van der Waals surface area (Å²) >= 11 is 1.55. The highest BCUT2D eigenvalue weighted by Crippen LogP contribution is 2.39. The number of methoxy groups -OCH3 is 2. The van der Waals surface area contributed by atoms with Crippen molar-refractivity contribution in [2.75, 3.05) is 20.8 Å². The molecule has 2 heterocycles. The van der Waals surface area contributed by atoms with Crippen LogP contribution in [0.3, 0.4) is 0 Å². The summed E-state index contributed by atoms with van der Waals surface area (Å²) in [6.45, 7) is 2.81. The van der Waals surface area contributed by atoms with Gasteiger partial charge in [-0.15, -0.1) is 11.3 Å². The predicted molar refractivity (Wildman–Crippen MR) is 91.6 cm³/mol. The lowest BCUT2D eigenvalue weighted by atomic mass is 10.0. The molecule has 3 rings (SSSR count). The first-order valence-corrected chi connectivity index (χ1v) is 8.55. The summed E-state index contributed by atoms with van der Waals surface area (Å²) in [7, 11) is 3.29. The molecule has 5 heteroatoms. The minimum absolute atomic E-state index is 0.0609. The minimum Gasteiger partial charge on any atom is -0.497 e. The standard InChI is InChI=1S/C18H21NO3S/c1-12-6-9-17(23-12)18(20)19-10-4-5-15(19)14-8-7-13(21-2)11-16(14)22-3/h6-9,11,15H,4-5,10H2,1-3H3. The van der Waals surface area contributed by atoms with Crippen LogP contribution in [0.15, 0.2) is 30.3 Å². The Bertz CT molecular complexity index is 710. The maximum Gasteiger partial charge on any atom is 0.264 e. The van der Waals surface area contributed by atoms with Gasteiger partial charge in [0.05, 0.1) is 25.1 Å².